The van der Waals surface area contributed by atoms with Crippen molar-refractivity contribution >= 4 is 29.2 Å². The van der Waals surface area contributed by atoms with E-state index < -0.39 is 41.4 Å². The molecule has 8 heteroatoms. The molecule has 0 unspecified atom stereocenters. The van der Waals surface area contributed by atoms with Gasteiger partial charge in [-0.25, -0.2) is 4.79 Å². The molecular formula is C22H30N2O6. The van der Waals surface area contributed by atoms with Crippen LogP contribution in [0.3, 0.4) is 0 Å². The van der Waals surface area contributed by atoms with Crippen LogP contribution in [-0.2, 0) is 28.7 Å². The Bertz CT molecular complexity index is 795. The van der Waals surface area contributed by atoms with Crippen LogP contribution < -0.4 is 0 Å². The third-order valence-electron chi connectivity index (χ3n) is 6.44. The molecule has 164 valence electrons. The topological polar surface area (TPSA) is 123 Å². The summed E-state index contributed by atoms with van der Waals surface area (Å²) >= 11 is 0. The molecule has 2 aliphatic carbocycles. The highest BCUT2D eigenvalue weighted by Crippen LogP contribution is 2.61. The molecule has 0 aromatic heterocycles. The fourth-order valence-electron chi connectivity index (χ4n) is 4.91. The van der Waals surface area contributed by atoms with Crippen LogP contribution in [-0.4, -0.2) is 46.7 Å². The van der Waals surface area contributed by atoms with Gasteiger partial charge in [-0.3, -0.25) is 14.4 Å². The molecule has 0 spiro atoms. The summed E-state index contributed by atoms with van der Waals surface area (Å²) in [5, 5.41) is 0. The zero-order valence-electron chi connectivity index (χ0n) is 18.1. The number of Topliss-reactive ketones (excluding diaryl/α,β-unsaturated/α-hetero) is 2. The molecule has 0 aromatic carbocycles. The second-order valence-corrected chi connectivity index (χ2v) is 8.60. The second kappa shape index (κ2) is 9.47. The van der Waals surface area contributed by atoms with Crippen LogP contribution in [0.15, 0.2) is 12.7 Å². The summed E-state index contributed by atoms with van der Waals surface area (Å²) in [7, 11) is 0. The number of ether oxygens (including phenoxy) is 2. The van der Waals surface area contributed by atoms with Crippen LogP contribution in [0, 0.1) is 29.1 Å². The van der Waals surface area contributed by atoms with E-state index in [4.69, 9.17) is 15.0 Å². The van der Waals surface area contributed by atoms with Gasteiger partial charge in [-0.2, -0.15) is 4.79 Å². The number of ketones is 2. The molecule has 8 nitrogen and oxygen atoms in total. The van der Waals surface area contributed by atoms with Gasteiger partial charge in [-0.1, -0.05) is 26.3 Å². The fraction of sp³-hybridized carbons (Fsp3) is 0.682. The van der Waals surface area contributed by atoms with Gasteiger partial charge in [0.15, 0.2) is 0 Å². The summed E-state index contributed by atoms with van der Waals surface area (Å²) in [6.45, 7) is 10.8. The van der Waals surface area contributed by atoms with Gasteiger partial charge in [0.1, 0.15) is 11.9 Å². The van der Waals surface area contributed by atoms with Crippen molar-refractivity contribution in [1.82, 2.24) is 0 Å². The number of nitrogens with zero attached hydrogens (tertiary/aromatic N) is 2. The van der Waals surface area contributed by atoms with Crippen molar-refractivity contribution in [3.8, 4) is 0 Å². The number of esters is 2. The third-order valence-corrected chi connectivity index (χ3v) is 6.44. The van der Waals surface area contributed by atoms with E-state index in [-0.39, 0.29) is 36.1 Å². The SMILES string of the molecule is C=C[C@H]1[C@@H]([C@@H](CC(=O)[C@H]2CCC[C@@H]2C(=O)C(=[N+]=[N-])C(=O)OCC)OC(C)=O)C1(C)C. The van der Waals surface area contributed by atoms with Crippen LogP contribution in [0.1, 0.15) is 53.4 Å². The predicted molar refractivity (Wildman–Crippen MR) is 107 cm³/mol. The fourth-order valence-corrected chi connectivity index (χ4v) is 4.91. The minimum absolute atomic E-state index is 0.00251. The summed E-state index contributed by atoms with van der Waals surface area (Å²) in [5.74, 6) is -3.61. The van der Waals surface area contributed by atoms with Gasteiger partial charge in [0, 0.05) is 31.1 Å². The summed E-state index contributed by atoms with van der Waals surface area (Å²) in [4.78, 5) is 52.2. The lowest BCUT2D eigenvalue weighted by Gasteiger charge is -2.21. The van der Waals surface area contributed by atoms with E-state index in [0.29, 0.717) is 19.3 Å². The van der Waals surface area contributed by atoms with Crippen molar-refractivity contribution in [3.05, 3.63) is 18.2 Å². The summed E-state index contributed by atoms with van der Waals surface area (Å²) in [6.07, 6.45) is 2.75. The molecule has 0 radical (unpaired) electrons. The quantitative estimate of drug-likeness (QED) is 0.134. The Morgan fingerprint density at radius 1 is 1.23 bits per heavy atom. The highest BCUT2D eigenvalue weighted by molar-refractivity contribution is 6.62. The smallest absolute Gasteiger partial charge is 0.441 e. The first-order valence-electron chi connectivity index (χ1n) is 10.4. The van der Waals surface area contributed by atoms with Crippen molar-refractivity contribution in [2.75, 3.05) is 6.61 Å². The van der Waals surface area contributed by atoms with E-state index in [1.54, 1.807) is 6.92 Å². The van der Waals surface area contributed by atoms with Gasteiger partial charge >= 0.3 is 17.7 Å². The van der Waals surface area contributed by atoms with Gasteiger partial charge in [0.2, 0.25) is 0 Å². The predicted octanol–water partition coefficient (Wildman–Crippen LogP) is 2.55. The molecule has 0 saturated heterocycles. The average Bonchev–Trinajstić information content (AvgIpc) is 3.01. The maximum absolute atomic E-state index is 13.1. The molecule has 5 atom stereocenters. The van der Waals surface area contributed by atoms with E-state index in [0.717, 1.165) is 0 Å². The van der Waals surface area contributed by atoms with Crippen molar-refractivity contribution < 1.29 is 33.4 Å². The average molecular weight is 418 g/mol. The van der Waals surface area contributed by atoms with E-state index in [1.165, 1.54) is 6.92 Å². The lowest BCUT2D eigenvalue weighted by Crippen LogP contribution is -2.37. The molecule has 2 rings (SSSR count). The van der Waals surface area contributed by atoms with Gasteiger partial charge in [-0.05, 0) is 31.1 Å². The molecule has 2 saturated carbocycles. The van der Waals surface area contributed by atoms with E-state index in [9.17, 15) is 19.2 Å². The van der Waals surface area contributed by atoms with Crippen LogP contribution >= 0.6 is 0 Å². The minimum atomic E-state index is -1.01. The molecular weight excluding hydrogens is 388 g/mol. The first kappa shape index (κ1) is 23.7. The molecule has 30 heavy (non-hydrogen) atoms. The van der Waals surface area contributed by atoms with Crippen molar-refractivity contribution in [2.45, 2.75) is 59.5 Å². The molecule has 0 aliphatic heterocycles. The number of allylic oxidation sites excluding steroid dienone is 1. The summed E-state index contributed by atoms with van der Waals surface area (Å²) < 4.78 is 10.2. The Hall–Kier alpha value is -2.60. The molecule has 0 bridgehead atoms. The first-order valence-corrected chi connectivity index (χ1v) is 10.4. The Kier molecular flexibility index (Phi) is 7.48. The van der Waals surface area contributed by atoms with E-state index in [2.05, 4.69) is 11.4 Å². The summed E-state index contributed by atoms with van der Waals surface area (Å²) in [6, 6.07) is 0. The molecule has 0 N–H and O–H groups in total. The number of carbonyl (C=O) groups is 4. The number of rotatable bonds is 10. The Labute approximate surface area is 176 Å². The molecule has 0 heterocycles. The van der Waals surface area contributed by atoms with Crippen molar-refractivity contribution in [2.24, 2.45) is 29.1 Å². The van der Waals surface area contributed by atoms with Gasteiger partial charge in [-0.15, -0.1) is 6.58 Å². The zero-order valence-corrected chi connectivity index (χ0v) is 18.1. The first-order chi connectivity index (χ1) is 14.1. The largest absolute Gasteiger partial charge is 0.462 e. The minimum Gasteiger partial charge on any atom is -0.462 e. The molecule has 2 fully saturated rings. The van der Waals surface area contributed by atoms with Crippen LogP contribution in [0.5, 0.6) is 0 Å². The van der Waals surface area contributed by atoms with Crippen molar-refractivity contribution in [3.63, 3.8) is 0 Å². The standard InChI is InChI=1S/C22H30N2O6/c1-6-15-18(22(15,4)5)17(30-12(3)25)11-16(26)13-9-8-10-14(13)20(27)19(24-23)21(28)29-7-2/h6,13-15,17-18H,1,7-11H2,2-5H3/t13-,14-,15-,17+,18-/m0/s1. The lowest BCUT2D eigenvalue weighted by atomic mass is 9.84. The Morgan fingerprint density at radius 2 is 1.87 bits per heavy atom. The maximum atomic E-state index is 13.1. The van der Waals surface area contributed by atoms with E-state index in [1.807, 2.05) is 19.9 Å². The highest BCUT2D eigenvalue weighted by Gasteiger charge is 2.61. The monoisotopic (exact) mass is 418 g/mol. The van der Waals surface area contributed by atoms with E-state index >= 15 is 0 Å². The second-order valence-electron chi connectivity index (χ2n) is 8.60. The number of hydrogen-bond acceptors (Lipinski definition) is 6. The van der Waals surface area contributed by atoms with Gasteiger partial charge in [0.05, 0.1) is 6.61 Å². The number of carbonyl (C=O) groups excluding carboxylic acids is 4. The highest BCUT2D eigenvalue weighted by atomic mass is 16.5. The lowest BCUT2D eigenvalue weighted by molar-refractivity contribution is -0.150. The Balaban J connectivity index is 2.16. The molecule has 0 amide bonds. The van der Waals surface area contributed by atoms with Gasteiger partial charge < -0.3 is 15.0 Å². The molecule has 2 aliphatic rings. The summed E-state index contributed by atoms with van der Waals surface area (Å²) in [5.41, 5.74) is 8.31. The van der Waals surface area contributed by atoms with Crippen LogP contribution in [0.4, 0.5) is 0 Å². The third kappa shape index (κ3) is 4.75. The van der Waals surface area contributed by atoms with Crippen LogP contribution in [0.2, 0.25) is 0 Å². The normalized spacial score (nSPS) is 27.3. The Morgan fingerprint density at radius 3 is 2.37 bits per heavy atom. The van der Waals surface area contributed by atoms with Crippen LogP contribution in [0.25, 0.3) is 5.53 Å². The van der Waals surface area contributed by atoms with Crippen molar-refractivity contribution in [1.29, 1.82) is 0 Å². The van der Waals surface area contributed by atoms with Gasteiger partial charge in [0.25, 0.3) is 5.78 Å². The number of hydrogen-bond donors (Lipinski definition) is 0. The maximum Gasteiger partial charge on any atom is 0.441 e. The zero-order chi connectivity index (χ0) is 22.6. The molecule has 0 aromatic rings.